The van der Waals surface area contributed by atoms with E-state index in [0.29, 0.717) is 0 Å². The van der Waals surface area contributed by atoms with Crippen LogP contribution in [0.5, 0.6) is 0 Å². The Morgan fingerprint density at radius 1 is 1.08 bits per heavy atom. The Morgan fingerprint density at radius 2 is 1.80 bits per heavy atom. The predicted octanol–water partition coefficient (Wildman–Crippen LogP) is 4.34. The molecule has 0 saturated carbocycles. The second kappa shape index (κ2) is 7.89. The lowest BCUT2D eigenvalue weighted by Crippen LogP contribution is -2.34. The molecule has 130 valence electrons. The molecule has 1 N–H and O–H groups in total. The van der Waals surface area contributed by atoms with Crippen LogP contribution in [0.3, 0.4) is 0 Å². The number of esters is 1. The molecule has 3 rings (SSSR count). The second-order valence-electron chi connectivity index (χ2n) is 5.88. The van der Waals surface area contributed by atoms with Gasteiger partial charge in [0.15, 0.2) is 6.61 Å². The van der Waals surface area contributed by atoms with Gasteiger partial charge in [-0.1, -0.05) is 53.5 Å². The first-order valence-electron chi connectivity index (χ1n) is 8.04. The number of halogens is 2. The standard InChI is InChI=1S/C19H17Cl2NO3/c20-14-8-4-9-15(21)18(14)19(24)25-11-17(23)22-16-10-3-6-12-5-1-2-7-13(12)16/h1-2,4-5,7-9,16H,3,6,10-11H2,(H,22,23). The summed E-state index contributed by atoms with van der Waals surface area (Å²) < 4.78 is 5.06. The number of hydrogen-bond donors (Lipinski definition) is 1. The highest BCUT2D eigenvalue weighted by Crippen LogP contribution is 2.29. The van der Waals surface area contributed by atoms with Gasteiger partial charge in [-0.25, -0.2) is 4.79 Å². The van der Waals surface area contributed by atoms with Crippen molar-refractivity contribution in [1.82, 2.24) is 5.32 Å². The molecule has 0 aliphatic heterocycles. The highest BCUT2D eigenvalue weighted by Gasteiger charge is 2.22. The molecule has 1 aliphatic rings. The minimum Gasteiger partial charge on any atom is -0.452 e. The van der Waals surface area contributed by atoms with E-state index in [4.69, 9.17) is 27.9 Å². The summed E-state index contributed by atoms with van der Waals surface area (Å²) in [5.41, 5.74) is 2.45. The third-order valence-corrected chi connectivity index (χ3v) is 4.84. The van der Waals surface area contributed by atoms with E-state index in [9.17, 15) is 9.59 Å². The van der Waals surface area contributed by atoms with Gasteiger partial charge in [-0.15, -0.1) is 0 Å². The first kappa shape index (κ1) is 17.8. The average molecular weight is 378 g/mol. The predicted molar refractivity (Wildman–Crippen MR) is 97.0 cm³/mol. The molecule has 2 aromatic rings. The SMILES string of the molecule is O=C(COC(=O)c1c(Cl)cccc1Cl)NC1CCCc2ccccc21. The molecular formula is C19H17Cl2NO3. The summed E-state index contributed by atoms with van der Waals surface area (Å²) in [5, 5.41) is 3.32. The molecular weight excluding hydrogens is 361 g/mol. The van der Waals surface area contributed by atoms with Gasteiger partial charge >= 0.3 is 5.97 Å². The van der Waals surface area contributed by atoms with Crippen LogP contribution in [0, 0.1) is 0 Å². The summed E-state index contributed by atoms with van der Waals surface area (Å²) >= 11 is 11.9. The first-order valence-corrected chi connectivity index (χ1v) is 8.80. The maximum absolute atomic E-state index is 12.2. The number of nitrogens with one attached hydrogen (secondary N) is 1. The number of carbonyl (C=O) groups excluding carboxylic acids is 2. The minimum absolute atomic E-state index is 0.0555. The van der Waals surface area contributed by atoms with Crippen LogP contribution >= 0.6 is 23.2 Å². The lowest BCUT2D eigenvalue weighted by Gasteiger charge is -2.26. The molecule has 0 saturated heterocycles. The summed E-state index contributed by atoms with van der Waals surface area (Å²) in [6, 6.07) is 12.7. The van der Waals surface area contributed by atoms with Crippen molar-refractivity contribution >= 4 is 35.1 Å². The van der Waals surface area contributed by atoms with Gasteiger partial charge in [0, 0.05) is 0 Å². The molecule has 1 aliphatic carbocycles. The average Bonchev–Trinajstić information content (AvgIpc) is 2.60. The highest BCUT2D eigenvalue weighted by atomic mass is 35.5. The normalized spacial score (nSPS) is 16.0. The van der Waals surface area contributed by atoms with Crippen LogP contribution < -0.4 is 5.32 Å². The molecule has 6 heteroatoms. The van der Waals surface area contributed by atoms with Crippen molar-refractivity contribution in [2.75, 3.05) is 6.61 Å². The van der Waals surface area contributed by atoms with Gasteiger partial charge in [-0.2, -0.15) is 0 Å². The first-order chi connectivity index (χ1) is 12.1. The van der Waals surface area contributed by atoms with Gasteiger partial charge in [-0.05, 0) is 42.5 Å². The smallest absolute Gasteiger partial charge is 0.341 e. The molecule has 4 nitrogen and oxygen atoms in total. The molecule has 1 unspecified atom stereocenters. The minimum atomic E-state index is -0.713. The van der Waals surface area contributed by atoms with E-state index in [2.05, 4.69) is 11.4 Å². The van der Waals surface area contributed by atoms with E-state index in [1.165, 1.54) is 5.56 Å². The van der Waals surface area contributed by atoms with E-state index >= 15 is 0 Å². The molecule has 2 aromatic carbocycles. The molecule has 0 fully saturated rings. The summed E-state index contributed by atoms with van der Waals surface area (Å²) in [6.45, 7) is -0.376. The van der Waals surface area contributed by atoms with Crippen LogP contribution in [0.1, 0.15) is 40.4 Å². The fourth-order valence-electron chi connectivity index (χ4n) is 3.04. The Balaban J connectivity index is 1.60. The highest BCUT2D eigenvalue weighted by molar-refractivity contribution is 6.39. The Hall–Kier alpha value is -2.04. The lowest BCUT2D eigenvalue weighted by atomic mass is 9.88. The number of ether oxygens (including phenoxy) is 1. The van der Waals surface area contributed by atoms with Gasteiger partial charge in [-0.3, -0.25) is 4.79 Å². The summed E-state index contributed by atoms with van der Waals surface area (Å²) in [7, 11) is 0. The maximum Gasteiger partial charge on any atom is 0.341 e. The van der Waals surface area contributed by atoms with E-state index in [-0.39, 0.29) is 34.2 Å². The Labute approximate surface area is 156 Å². The Kier molecular flexibility index (Phi) is 5.61. The van der Waals surface area contributed by atoms with Gasteiger partial charge in [0.1, 0.15) is 0 Å². The number of benzene rings is 2. The van der Waals surface area contributed by atoms with Crippen molar-refractivity contribution in [1.29, 1.82) is 0 Å². The van der Waals surface area contributed by atoms with Crippen LogP contribution in [0.25, 0.3) is 0 Å². The zero-order valence-corrected chi connectivity index (χ0v) is 14.9. The van der Waals surface area contributed by atoms with Gasteiger partial charge in [0.2, 0.25) is 0 Å². The number of rotatable bonds is 4. The van der Waals surface area contributed by atoms with E-state index < -0.39 is 5.97 Å². The van der Waals surface area contributed by atoms with Crippen LogP contribution in [0.4, 0.5) is 0 Å². The topological polar surface area (TPSA) is 55.4 Å². The largest absolute Gasteiger partial charge is 0.452 e. The third-order valence-electron chi connectivity index (χ3n) is 4.21. The van der Waals surface area contributed by atoms with Crippen molar-refractivity contribution in [2.45, 2.75) is 25.3 Å². The van der Waals surface area contributed by atoms with Gasteiger partial charge < -0.3 is 10.1 Å². The van der Waals surface area contributed by atoms with Crippen LogP contribution in [0.2, 0.25) is 10.0 Å². The van der Waals surface area contributed by atoms with Crippen molar-refractivity contribution in [3.8, 4) is 0 Å². The zero-order chi connectivity index (χ0) is 17.8. The Morgan fingerprint density at radius 3 is 2.56 bits per heavy atom. The van der Waals surface area contributed by atoms with Crippen molar-refractivity contribution in [3.63, 3.8) is 0 Å². The monoisotopic (exact) mass is 377 g/mol. The van der Waals surface area contributed by atoms with Crippen molar-refractivity contribution in [3.05, 3.63) is 69.2 Å². The zero-order valence-electron chi connectivity index (χ0n) is 13.4. The molecule has 1 amide bonds. The van der Waals surface area contributed by atoms with Crippen molar-refractivity contribution < 1.29 is 14.3 Å². The number of carbonyl (C=O) groups is 2. The number of aryl methyl sites for hydroxylation is 1. The summed E-state index contributed by atoms with van der Waals surface area (Å²) in [5.74, 6) is -1.06. The fourth-order valence-corrected chi connectivity index (χ4v) is 3.59. The quantitative estimate of drug-likeness (QED) is 0.806. The molecule has 1 atom stereocenters. The maximum atomic E-state index is 12.2. The molecule has 25 heavy (non-hydrogen) atoms. The summed E-state index contributed by atoms with van der Waals surface area (Å²) in [6.07, 6.45) is 2.90. The lowest BCUT2D eigenvalue weighted by molar-refractivity contribution is -0.125. The summed E-state index contributed by atoms with van der Waals surface area (Å²) in [4.78, 5) is 24.3. The van der Waals surface area contributed by atoms with Crippen LogP contribution in [0.15, 0.2) is 42.5 Å². The number of amides is 1. The molecule has 0 heterocycles. The number of hydrogen-bond acceptors (Lipinski definition) is 3. The molecule has 0 radical (unpaired) electrons. The van der Waals surface area contributed by atoms with Crippen LogP contribution in [-0.4, -0.2) is 18.5 Å². The third kappa shape index (κ3) is 4.14. The van der Waals surface area contributed by atoms with E-state index in [1.54, 1.807) is 18.2 Å². The fraction of sp³-hybridized carbons (Fsp3) is 0.263. The van der Waals surface area contributed by atoms with Crippen LogP contribution in [-0.2, 0) is 16.0 Å². The molecule has 0 spiro atoms. The Bertz CT molecular complexity index is 787. The van der Waals surface area contributed by atoms with Gasteiger partial charge in [0.05, 0.1) is 21.7 Å². The molecule has 0 bridgehead atoms. The molecule has 0 aromatic heterocycles. The van der Waals surface area contributed by atoms with E-state index in [0.717, 1.165) is 24.8 Å². The second-order valence-corrected chi connectivity index (χ2v) is 6.70. The van der Waals surface area contributed by atoms with E-state index in [1.807, 2.05) is 18.2 Å². The number of fused-ring (bicyclic) bond motifs is 1. The van der Waals surface area contributed by atoms with Crippen molar-refractivity contribution in [2.24, 2.45) is 0 Å². The van der Waals surface area contributed by atoms with Gasteiger partial charge in [0.25, 0.3) is 5.91 Å².